The van der Waals surface area contributed by atoms with Crippen LogP contribution < -0.4 is 11.5 Å². The topological polar surface area (TPSA) is 159 Å². The SMILES string of the molecule is CC(C)[C@@H](C)[C@@]1(C)CC[C@]2(C)[C@H]3CC[C@@H]4[C@@]5(COC[C@@]4(C)[C@@H](OC[C@](C)(N)C(C)(C)C)[C@H](n4ncnc4[C@@H]4CCN(C(N)=O)C4)C5)C3=CC[C@@]2(C)[C@@H]1C(=O)O. The van der Waals surface area contributed by atoms with E-state index in [1.54, 1.807) is 11.2 Å². The predicted molar refractivity (Wildman–Crippen MR) is 213 cm³/mol. The van der Waals surface area contributed by atoms with Gasteiger partial charge in [0.2, 0.25) is 0 Å². The van der Waals surface area contributed by atoms with Crippen molar-refractivity contribution >= 4 is 12.0 Å². The number of likely N-dealkylation sites (tertiary alicyclic amines) is 1. The number of hydrogen-bond donors (Lipinski definition) is 3. The normalized spacial score (nSPS) is 43.1. The van der Waals surface area contributed by atoms with Crippen LogP contribution in [-0.2, 0) is 14.3 Å². The number of rotatable bonds is 8. The highest BCUT2D eigenvalue weighted by Crippen LogP contribution is 2.75. The highest BCUT2D eigenvalue weighted by atomic mass is 16.5. The summed E-state index contributed by atoms with van der Waals surface area (Å²) in [5.74, 6) is 1.10. The highest BCUT2D eigenvalue weighted by molar-refractivity contribution is 5.73. The Morgan fingerprint density at radius 1 is 1.05 bits per heavy atom. The molecule has 4 aliphatic carbocycles. The van der Waals surface area contributed by atoms with Gasteiger partial charge >= 0.3 is 12.0 Å². The molecule has 0 spiro atoms. The van der Waals surface area contributed by atoms with Crippen molar-refractivity contribution in [3.63, 3.8) is 0 Å². The van der Waals surface area contributed by atoms with E-state index < -0.39 is 28.9 Å². The van der Waals surface area contributed by atoms with Gasteiger partial charge in [0.05, 0.1) is 37.9 Å². The number of aromatic nitrogens is 3. The van der Waals surface area contributed by atoms with Gasteiger partial charge in [-0.25, -0.2) is 14.5 Å². The van der Waals surface area contributed by atoms with Gasteiger partial charge in [0.15, 0.2) is 0 Å². The Bertz CT molecular complexity index is 1700. The van der Waals surface area contributed by atoms with E-state index in [-0.39, 0.29) is 51.1 Å². The largest absolute Gasteiger partial charge is 0.481 e. The minimum Gasteiger partial charge on any atom is -0.481 e. The van der Waals surface area contributed by atoms with Gasteiger partial charge in [0.1, 0.15) is 12.2 Å². The van der Waals surface area contributed by atoms with Gasteiger partial charge in [-0.15, -0.1) is 0 Å². The molecule has 2 aliphatic heterocycles. The smallest absolute Gasteiger partial charge is 0.314 e. The lowest BCUT2D eigenvalue weighted by atomic mass is 9.34. The number of allylic oxidation sites excluding steroid dienone is 1. The lowest BCUT2D eigenvalue weighted by Crippen LogP contribution is -2.69. The van der Waals surface area contributed by atoms with Gasteiger partial charge < -0.3 is 30.9 Å². The van der Waals surface area contributed by atoms with E-state index >= 15 is 0 Å². The molecule has 5 fully saturated rings. The number of ether oxygens (including phenoxy) is 2. The van der Waals surface area contributed by atoms with Crippen molar-refractivity contribution < 1.29 is 24.2 Å². The molecule has 11 heteroatoms. The average molecular weight is 765 g/mol. The molecule has 6 aliphatic rings. The average Bonchev–Trinajstić information content (AvgIpc) is 3.78. The molecule has 5 N–H and O–H groups in total. The van der Waals surface area contributed by atoms with Crippen LogP contribution in [0.3, 0.4) is 0 Å². The van der Waals surface area contributed by atoms with Crippen LogP contribution in [0.5, 0.6) is 0 Å². The summed E-state index contributed by atoms with van der Waals surface area (Å²) >= 11 is 0. The first-order valence-corrected chi connectivity index (χ1v) is 21.3. The molecule has 3 heterocycles. The van der Waals surface area contributed by atoms with Gasteiger partial charge in [-0.05, 0) is 97.2 Å². The number of urea groups is 1. The third kappa shape index (κ3) is 5.80. The molecule has 3 saturated carbocycles. The lowest BCUT2D eigenvalue weighted by Gasteiger charge is -2.71. The molecule has 1 aromatic heterocycles. The minimum absolute atomic E-state index is 0.0227. The number of amides is 2. The first-order valence-electron chi connectivity index (χ1n) is 21.3. The third-order valence-corrected chi connectivity index (χ3v) is 18.1. The maximum Gasteiger partial charge on any atom is 0.314 e. The van der Waals surface area contributed by atoms with E-state index in [2.05, 4.69) is 86.9 Å². The van der Waals surface area contributed by atoms with Crippen molar-refractivity contribution in [2.75, 3.05) is 32.9 Å². The van der Waals surface area contributed by atoms with Crippen molar-refractivity contribution in [3.05, 3.63) is 23.8 Å². The second kappa shape index (κ2) is 13.3. The van der Waals surface area contributed by atoms with Crippen molar-refractivity contribution in [3.8, 4) is 0 Å². The van der Waals surface area contributed by atoms with Crippen LogP contribution in [0.2, 0.25) is 0 Å². The van der Waals surface area contributed by atoms with E-state index in [0.29, 0.717) is 50.7 Å². The molecular formula is C44H72N6O5. The molecule has 13 atom stereocenters. The molecule has 0 unspecified atom stereocenters. The summed E-state index contributed by atoms with van der Waals surface area (Å²) in [4.78, 5) is 32.4. The second-order valence-electron chi connectivity index (χ2n) is 21.8. The summed E-state index contributed by atoms with van der Waals surface area (Å²) in [5.41, 5.74) is 12.0. The maximum atomic E-state index is 13.6. The number of primary amides is 1. The van der Waals surface area contributed by atoms with Crippen molar-refractivity contribution in [2.24, 2.45) is 73.5 Å². The van der Waals surface area contributed by atoms with Crippen LogP contribution in [0.25, 0.3) is 0 Å². The van der Waals surface area contributed by atoms with Crippen LogP contribution in [-0.4, -0.2) is 81.3 Å². The van der Waals surface area contributed by atoms with Crippen LogP contribution >= 0.6 is 0 Å². The van der Waals surface area contributed by atoms with Gasteiger partial charge in [-0.3, -0.25) is 4.79 Å². The fraction of sp³-hybridized carbons (Fsp3) is 0.864. The fourth-order valence-electron chi connectivity index (χ4n) is 13.6. The molecule has 1 aromatic rings. The van der Waals surface area contributed by atoms with E-state index in [0.717, 1.165) is 50.8 Å². The first kappa shape index (κ1) is 40.7. The highest BCUT2D eigenvalue weighted by Gasteiger charge is 2.72. The molecule has 2 bridgehead atoms. The van der Waals surface area contributed by atoms with E-state index in [9.17, 15) is 14.7 Å². The number of hydrogen-bond acceptors (Lipinski definition) is 7. The Balaban J connectivity index is 1.33. The van der Waals surface area contributed by atoms with E-state index in [1.807, 2.05) is 0 Å². The predicted octanol–water partition coefficient (Wildman–Crippen LogP) is 7.42. The van der Waals surface area contributed by atoms with Crippen LogP contribution in [0.1, 0.15) is 139 Å². The van der Waals surface area contributed by atoms with Gasteiger partial charge in [-0.2, -0.15) is 5.10 Å². The Morgan fingerprint density at radius 3 is 2.38 bits per heavy atom. The number of carboxylic acids is 1. The molecular weight excluding hydrogens is 693 g/mol. The van der Waals surface area contributed by atoms with Gasteiger partial charge in [0, 0.05) is 35.4 Å². The van der Waals surface area contributed by atoms with E-state index in [1.165, 1.54) is 5.57 Å². The first-order chi connectivity index (χ1) is 25.5. The Morgan fingerprint density at radius 2 is 1.76 bits per heavy atom. The lowest BCUT2D eigenvalue weighted by molar-refractivity contribution is -0.253. The van der Waals surface area contributed by atoms with Crippen LogP contribution in [0, 0.1) is 62.1 Å². The van der Waals surface area contributed by atoms with Gasteiger partial charge in [0.25, 0.3) is 0 Å². The second-order valence-corrected chi connectivity index (χ2v) is 21.8. The van der Waals surface area contributed by atoms with Crippen molar-refractivity contribution in [1.82, 2.24) is 19.7 Å². The van der Waals surface area contributed by atoms with E-state index in [4.69, 9.17) is 31.0 Å². The monoisotopic (exact) mass is 765 g/mol. The number of carbonyl (C=O) groups excluding carboxylic acids is 1. The van der Waals surface area contributed by atoms with Crippen molar-refractivity contribution in [1.29, 1.82) is 0 Å². The Labute approximate surface area is 330 Å². The Hall–Kier alpha value is -2.50. The maximum absolute atomic E-state index is 13.6. The number of fused-ring (bicyclic) bond motifs is 3. The molecule has 2 amide bonds. The summed E-state index contributed by atoms with van der Waals surface area (Å²) in [7, 11) is 0. The molecule has 308 valence electrons. The third-order valence-electron chi connectivity index (χ3n) is 18.1. The summed E-state index contributed by atoms with van der Waals surface area (Å²) in [6.45, 7) is 27.5. The molecule has 2 saturated heterocycles. The summed E-state index contributed by atoms with van der Waals surface area (Å²) < 4.78 is 16.2. The molecule has 11 nitrogen and oxygen atoms in total. The summed E-state index contributed by atoms with van der Waals surface area (Å²) in [6.07, 6.45) is 10.3. The van der Waals surface area contributed by atoms with Crippen molar-refractivity contribution in [2.45, 2.75) is 145 Å². The standard InChI is InChI=1S/C44H72N6O5/c1-26(2)27(3)39(7)17-18-41(9)29-12-13-32-40(8)22-54-24-44(32,30(29)14-16-42(41,10)33(39)36(51)52)20-31(34(40)55-23-43(11,46)38(4,5)6)50-35(47-25-48-50)28-15-19-49(21-28)37(45)53/h14,25-29,31-34H,12-13,15-24,46H2,1-11H3,(H2,45,53)(H,51,52)/t27-,28-,29+,31-,32+,33-,34+,39-,40-,41-,42+,43+,44+/m1/s1. The van der Waals surface area contributed by atoms with Crippen LogP contribution in [0.4, 0.5) is 4.79 Å². The number of carboxylic acid groups (broad SMARTS) is 1. The molecule has 0 radical (unpaired) electrons. The zero-order valence-corrected chi connectivity index (χ0v) is 35.8. The summed E-state index contributed by atoms with van der Waals surface area (Å²) in [6, 6.07) is -0.544. The number of aliphatic carboxylic acids is 1. The quantitative estimate of drug-likeness (QED) is 0.231. The fourth-order valence-corrected chi connectivity index (χ4v) is 13.6. The number of carbonyl (C=O) groups is 2. The number of nitrogens with zero attached hydrogens (tertiary/aromatic N) is 4. The number of nitrogens with two attached hydrogens (primary N) is 2. The molecule has 0 aromatic carbocycles. The molecule has 7 rings (SSSR count). The summed E-state index contributed by atoms with van der Waals surface area (Å²) in [5, 5.41) is 16.2. The Kier molecular flexibility index (Phi) is 9.81. The minimum atomic E-state index is -0.638. The molecule has 55 heavy (non-hydrogen) atoms. The zero-order valence-electron chi connectivity index (χ0n) is 35.8. The zero-order chi connectivity index (χ0) is 40.3. The van der Waals surface area contributed by atoms with Gasteiger partial charge in [-0.1, -0.05) is 80.9 Å². The van der Waals surface area contributed by atoms with Crippen LogP contribution in [0.15, 0.2) is 18.0 Å².